The van der Waals surface area contributed by atoms with Crippen LogP contribution in [0.3, 0.4) is 0 Å². The van der Waals surface area contributed by atoms with Crippen molar-refractivity contribution >= 4 is 5.71 Å². The van der Waals surface area contributed by atoms with Crippen LogP contribution in [0, 0.1) is 0 Å². The summed E-state index contributed by atoms with van der Waals surface area (Å²) in [5.41, 5.74) is 1.47. The van der Waals surface area contributed by atoms with E-state index >= 15 is 0 Å². The van der Waals surface area contributed by atoms with Crippen LogP contribution in [0.25, 0.3) is 0 Å². The second kappa shape index (κ2) is 6.16. The molecule has 1 aromatic carbocycles. The van der Waals surface area contributed by atoms with Crippen LogP contribution in [0.1, 0.15) is 39.2 Å². The molecule has 0 aromatic heterocycles. The Labute approximate surface area is 96.7 Å². The lowest BCUT2D eigenvalue weighted by Crippen LogP contribution is -2.11. The van der Waals surface area contributed by atoms with Crippen LogP contribution in [-0.4, -0.2) is 17.0 Å². The van der Waals surface area contributed by atoms with E-state index in [1.165, 1.54) is 0 Å². The van der Waals surface area contributed by atoms with Gasteiger partial charge >= 0.3 is 0 Å². The number of nitrogens with zero attached hydrogens (tertiary/aromatic N) is 1. The van der Waals surface area contributed by atoms with E-state index < -0.39 is 0 Å². The molecule has 16 heavy (non-hydrogen) atoms. The van der Waals surface area contributed by atoms with E-state index in [9.17, 15) is 0 Å². The molecule has 0 saturated heterocycles. The first-order chi connectivity index (χ1) is 7.67. The van der Waals surface area contributed by atoms with Gasteiger partial charge in [0, 0.05) is 5.56 Å². The number of hydrogen-bond donors (Lipinski definition) is 1. The maximum atomic E-state index is 8.69. The summed E-state index contributed by atoms with van der Waals surface area (Å²) >= 11 is 0. The Morgan fingerprint density at radius 1 is 1.50 bits per heavy atom. The smallest absolute Gasteiger partial charge is 0.120 e. The Bertz CT molecular complexity index is 361. The van der Waals surface area contributed by atoms with Crippen LogP contribution in [-0.2, 0) is 0 Å². The molecular formula is C13H19NO2. The third-order valence-electron chi connectivity index (χ3n) is 2.43. The summed E-state index contributed by atoms with van der Waals surface area (Å²) in [4.78, 5) is 0. The van der Waals surface area contributed by atoms with Crippen molar-refractivity contribution in [3.05, 3.63) is 29.8 Å². The molecule has 0 aliphatic heterocycles. The van der Waals surface area contributed by atoms with Crippen molar-refractivity contribution in [2.45, 2.75) is 39.7 Å². The highest BCUT2D eigenvalue weighted by Crippen LogP contribution is 2.16. The normalized spacial score (nSPS) is 13.6. The van der Waals surface area contributed by atoms with Gasteiger partial charge in [-0.1, -0.05) is 30.6 Å². The maximum absolute atomic E-state index is 8.69. The van der Waals surface area contributed by atoms with Gasteiger partial charge < -0.3 is 9.94 Å². The molecule has 0 aliphatic carbocycles. The Hall–Kier alpha value is -1.51. The molecule has 0 spiro atoms. The highest BCUT2D eigenvalue weighted by Gasteiger charge is 2.04. The highest BCUT2D eigenvalue weighted by atomic mass is 16.5. The van der Waals surface area contributed by atoms with Crippen LogP contribution < -0.4 is 4.74 Å². The largest absolute Gasteiger partial charge is 0.491 e. The topological polar surface area (TPSA) is 41.8 Å². The Morgan fingerprint density at radius 2 is 2.25 bits per heavy atom. The van der Waals surface area contributed by atoms with Crippen molar-refractivity contribution in [1.29, 1.82) is 0 Å². The minimum atomic E-state index is 0.214. The second-order valence-corrected chi connectivity index (χ2v) is 3.93. The summed E-state index contributed by atoms with van der Waals surface area (Å²) in [5.74, 6) is 0.821. The number of hydrogen-bond acceptors (Lipinski definition) is 3. The molecule has 0 radical (unpaired) electrons. The minimum Gasteiger partial charge on any atom is -0.491 e. The molecule has 0 aliphatic rings. The number of benzene rings is 1. The monoisotopic (exact) mass is 221 g/mol. The Kier molecular flexibility index (Phi) is 4.83. The molecule has 0 amide bonds. The van der Waals surface area contributed by atoms with Gasteiger partial charge in [-0.25, -0.2) is 0 Å². The van der Waals surface area contributed by atoms with Crippen LogP contribution in [0.15, 0.2) is 29.4 Å². The molecule has 0 heterocycles. The van der Waals surface area contributed by atoms with Crippen molar-refractivity contribution in [1.82, 2.24) is 0 Å². The zero-order valence-electron chi connectivity index (χ0n) is 10.1. The molecule has 0 fully saturated rings. The quantitative estimate of drug-likeness (QED) is 0.470. The van der Waals surface area contributed by atoms with Crippen molar-refractivity contribution in [2.75, 3.05) is 0 Å². The third kappa shape index (κ3) is 3.57. The third-order valence-corrected chi connectivity index (χ3v) is 2.43. The summed E-state index contributed by atoms with van der Waals surface area (Å²) in [7, 11) is 0. The first-order valence-electron chi connectivity index (χ1n) is 5.63. The second-order valence-electron chi connectivity index (χ2n) is 3.93. The van der Waals surface area contributed by atoms with E-state index in [-0.39, 0.29) is 6.10 Å². The molecule has 3 heteroatoms. The Morgan fingerprint density at radius 3 is 2.88 bits per heavy atom. The van der Waals surface area contributed by atoms with Crippen molar-refractivity contribution < 1.29 is 9.94 Å². The molecule has 1 unspecified atom stereocenters. The summed E-state index contributed by atoms with van der Waals surface area (Å²) in [6.45, 7) is 5.95. The van der Waals surface area contributed by atoms with Crippen LogP contribution in [0.2, 0.25) is 0 Å². The summed E-state index contributed by atoms with van der Waals surface area (Å²) in [6, 6.07) is 7.60. The van der Waals surface area contributed by atoms with Gasteiger partial charge in [0.05, 0.1) is 11.8 Å². The molecule has 0 bridgehead atoms. The molecular weight excluding hydrogens is 202 g/mol. The van der Waals surface area contributed by atoms with E-state index in [0.29, 0.717) is 5.71 Å². The predicted octanol–water partition coefficient (Wildman–Crippen LogP) is 3.45. The number of rotatable bonds is 5. The molecule has 3 nitrogen and oxygen atoms in total. The van der Waals surface area contributed by atoms with Gasteiger partial charge in [0.25, 0.3) is 0 Å². The first kappa shape index (κ1) is 12.6. The van der Waals surface area contributed by atoms with Crippen LogP contribution in [0.5, 0.6) is 5.75 Å². The van der Waals surface area contributed by atoms with E-state index in [1.54, 1.807) is 6.92 Å². The lowest BCUT2D eigenvalue weighted by atomic mass is 10.1. The van der Waals surface area contributed by atoms with Crippen LogP contribution >= 0.6 is 0 Å². The van der Waals surface area contributed by atoms with Crippen molar-refractivity contribution in [3.8, 4) is 5.75 Å². The van der Waals surface area contributed by atoms with E-state index in [2.05, 4.69) is 19.0 Å². The SMILES string of the molecule is CCCC(C)Oc1cccc(/C(C)=N/O)c1. The Balaban J connectivity index is 2.75. The highest BCUT2D eigenvalue weighted by molar-refractivity contribution is 5.98. The molecule has 1 atom stereocenters. The fraction of sp³-hybridized carbons (Fsp3) is 0.462. The van der Waals surface area contributed by atoms with Gasteiger partial charge in [-0.3, -0.25) is 0 Å². The molecule has 1 rings (SSSR count). The fourth-order valence-electron chi connectivity index (χ4n) is 1.55. The summed E-state index contributed by atoms with van der Waals surface area (Å²) < 4.78 is 5.75. The minimum absolute atomic E-state index is 0.214. The summed E-state index contributed by atoms with van der Waals surface area (Å²) in [5, 5.41) is 11.9. The average Bonchev–Trinajstić information content (AvgIpc) is 2.28. The molecule has 0 saturated carbocycles. The van der Waals surface area contributed by atoms with Gasteiger partial charge in [-0.2, -0.15) is 0 Å². The van der Waals surface area contributed by atoms with Gasteiger partial charge in [0.1, 0.15) is 5.75 Å². The van der Waals surface area contributed by atoms with Gasteiger partial charge in [0.15, 0.2) is 0 Å². The first-order valence-corrected chi connectivity index (χ1v) is 5.63. The lowest BCUT2D eigenvalue weighted by molar-refractivity contribution is 0.210. The van der Waals surface area contributed by atoms with E-state index in [4.69, 9.17) is 9.94 Å². The molecule has 88 valence electrons. The van der Waals surface area contributed by atoms with Gasteiger partial charge in [0.2, 0.25) is 0 Å². The standard InChI is InChI=1S/C13H19NO2/c1-4-6-10(2)16-13-8-5-7-12(9-13)11(3)14-15/h5,7-10,15H,4,6H2,1-3H3/b14-11+. The number of ether oxygens (including phenoxy) is 1. The molecule has 1 aromatic rings. The lowest BCUT2D eigenvalue weighted by Gasteiger charge is -2.14. The van der Waals surface area contributed by atoms with Crippen molar-refractivity contribution in [3.63, 3.8) is 0 Å². The van der Waals surface area contributed by atoms with Crippen LogP contribution in [0.4, 0.5) is 0 Å². The zero-order chi connectivity index (χ0) is 12.0. The number of oxime groups is 1. The van der Waals surface area contributed by atoms with E-state index in [1.807, 2.05) is 24.3 Å². The van der Waals surface area contributed by atoms with Gasteiger partial charge in [-0.15, -0.1) is 0 Å². The van der Waals surface area contributed by atoms with Crippen molar-refractivity contribution in [2.24, 2.45) is 5.16 Å². The van der Waals surface area contributed by atoms with E-state index in [0.717, 1.165) is 24.2 Å². The predicted molar refractivity (Wildman–Crippen MR) is 65.4 cm³/mol. The maximum Gasteiger partial charge on any atom is 0.120 e. The zero-order valence-corrected chi connectivity index (χ0v) is 10.1. The fourth-order valence-corrected chi connectivity index (χ4v) is 1.55. The summed E-state index contributed by atoms with van der Waals surface area (Å²) in [6.07, 6.45) is 2.36. The van der Waals surface area contributed by atoms with Gasteiger partial charge in [-0.05, 0) is 32.4 Å². The molecule has 1 N–H and O–H groups in total. The average molecular weight is 221 g/mol.